The number of hydrogen-bond acceptors (Lipinski definition) is 1. The molecule has 0 aliphatic carbocycles. The van der Waals surface area contributed by atoms with E-state index in [1.807, 2.05) is 0 Å². The molecular weight excluding hydrogens is 165 g/mol. The van der Waals surface area contributed by atoms with E-state index in [4.69, 9.17) is 0 Å². The lowest BCUT2D eigenvalue weighted by Crippen LogP contribution is -2.04. The van der Waals surface area contributed by atoms with Crippen LogP contribution in [0, 0.1) is 5.82 Å². The molecule has 0 saturated carbocycles. The molecule has 0 radical (unpaired) electrons. The maximum Gasteiger partial charge on any atom is 0.123 e. The summed E-state index contributed by atoms with van der Waals surface area (Å²) in [6.07, 6.45) is 3.23. The lowest BCUT2D eigenvalue weighted by molar-refractivity contribution is 0.628. The highest BCUT2D eigenvalue weighted by Crippen LogP contribution is 2.12. The summed E-state index contributed by atoms with van der Waals surface area (Å²) in [7, 11) is 0. The second kappa shape index (κ2) is 3.71. The molecule has 13 heavy (non-hydrogen) atoms. The van der Waals surface area contributed by atoms with Gasteiger partial charge in [-0.2, -0.15) is 0 Å². The Morgan fingerprint density at radius 1 is 1.23 bits per heavy atom. The quantitative estimate of drug-likeness (QED) is 0.693. The highest BCUT2D eigenvalue weighted by molar-refractivity contribution is 5.53. The fourth-order valence-corrected chi connectivity index (χ4v) is 1.50. The van der Waals surface area contributed by atoms with Gasteiger partial charge in [0.05, 0.1) is 0 Å². The zero-order chi connectivity index (χ0) is 9.10. The molecule has 0 aromatic heterocycles. The summed E-state index contributed by atoms with van der Waals surface area (Å²) in [4.78, 5) is 0. The molecule has 0 amide bonds. The predicted molar refractivity (Wildman–Crippen MR) is 51.9 cm³/mol. The van der Waals surface area contributed by atoms with Crippen molar-refractivity contribution >= 4 is 6.08 Å². The van der Waals surface area contributed by atoms with Gasteiger partial charge in [-0.3, -0.25) is 0 Å². The molecule has 1 heterocycles. The summed E-state index contributed by atoms with van der Waals surface area (Å²) in [5.41, 5.74) is 2.48. The van der Waals surface area contributed by atoms with Crippen LogP contribution in [0.25, 0.3) is 6.08 Å². The van der Waals surface area contributed by atoms with Crippen molar-refractivity contribution in [2.24, 2.45) is 0 Å². The van der Waals surface area contributed by atoms with Crippen LogP contribution in [-0.4, -0.2) is 13.1 Å². The Kier molecular flexibility index (Phi) is 2.41. The van der Waals surface area contributed by atoms with Gasteiger partial charge in [-0.15, -0.1) is 0 Å². The summed E-state index contributed by atoms with van der Waals surface area (Å²) >= 11 is 0. The third-order valence-corrected chi connectivity index (χ3v) is 2.22. The number of benzene rings is 1. The lowest BCUT2D eigenvalue weighted by atomic mass is 10.1. The standard InChI is InChI=1S/C11H12FN/c12-11-3-1-9(2-4-11)7-10-5-6-13-8-10/h1-4,7,13H,5-6,8H2/b10-7+. The van der Waals surface area contributed by atoms with Gasteiger partial charge in [0, 0.05) is 6.54 Å². The average Bonchev–Trinajstić information content (AvgIpc) is 2.62. The van der Waals surface area contributed by atoms with E-state index in [1.165, 1.54) is 17.7 Å². The van der Waals surface area contributed by atoms with E-state index in [0.29, 0.717) is 0 Å². The van der Waals surface area contributed by atoms with Crippen LogP contribution in [0.1, 0.15) is 12.0 Å². The maximum atomic E-state index is 12.6. The first-order valence-corrected chi connectivity index (χ1v) is 4.50. The minimum Gasteiger partial charge on any atom is -0.313 e. The van der Waals surface area contributed by atoms with Crippen LogP contribution >= 0.6 is 0 Å². The van der Waals surface area contributed by atoms with Crippen LogP contribution in [0.3, 0.4) is 0 Å². The zero-order valence-electron chi connectivity index (χ0n) is 7.39. The number of halogens is 1. The second-order valence-electron chi connectivity index (χ2n) is 3.28. The molecule has 1 nitrogen and oxygen atoms in total. The topological polar surface area (TPSA) is 12.0 Å². The first-order valence-electron chi connectivity index (χ1n) is 4.50. The van der Waals surface area contributed by atoms with E-state index >= 15 is 0 Å². The third kappa shape index (κ3) is 2.16. The monoisotopic (exact) mass is 177 g/mol. The Morgan fingerprint density at radius 3 is 2.62 bits per heavy atom. The van der Waals surface area contributed by atoms with Crippen molar-refractivity contribution in [3.8, 4) is 0 Å². The normalized spacial score (nSPS) is 19.6. The molecule has 0 spiro atoms. The lowest BCUT2D eigenvalue weighted by Gasteiger charge is -1.96. The molecule has 0 unspecified atom stereocenters. The minimum absolute atomic E-state index is 0.174. The van der Waals surface area contributed by atoms with Crippen LogP contribution in [0.2, 0.25) is 0 Å². The number of nitrogens with one attached hydrogen (secondary N) is 1. The Balaban J connectivity index is 2.17. The summed E-state index contributed by atoms with van der Waals surface area (Å²) in [6, 6.07) is 6.60. The van der Waals surface area contributed by atoms with E-state index in [1.54, 1.807) is 12.1 Å². The van der Waals surface area contributed by atoms with E-state index in [0.717, 1.165) is 25.1 Å². The zero-order valence-corrected chi connectivity index (χ0v) is 7.39. The highest BCUT2D eigenvalue weighted by Gasteiger charge is 2.04. The fraction of sp³-hybridized carbons (Fsp3) is 0.273. The summed E-state index contributed by atoms with van der Waals surface area (Å²) in [5.74, 6) is -0.174. The van der Waals surface area contributed by atoms with Crippen molar-refractivity contribution in [1.82, 2.24) is 5.32 Å². The number of rotatable bonds is 1. The fourth-order valence-electron chi connectivity index (χ4n) is 1.50. The van der Waals surface area contributed by atoms with E-state index < -0.39 is 0 Å². The molecule has 2 heteroatoms. The van der Waals surface area contributed by atoms with Crippen LogP contribution in [0.5, 0.6) is 0 Å². The molecule has 1 aromatic rings. The molecule has 2 rings (SSSR count). The molecular formula is C11H12FN. The molecule has 0 bridgehead atoms. The molecule has 1 saturated heterocycles. The first kappa shape index (κ1) is 8.45. The van der Waals surface area contributed by atoms with Crippen molar-refractivity contribution < 1.29 is 4.39 Å². The van der Waals surface area contributed by atoms with Crippen LogP contribution < -0.4 is 5.32 Å². The van der Waals surface area contributed by atoms with Crippen LogP contribution in [-0.2, 0) is 0 Å². The van der Waals surface area contributed by atoms with E-state index in [9.17, 15) is 4.39 Å². The van der Waals surface area contributed by atoms with Crippen molar-refractivity contribution in [3.05, 3.63) is 41.2 Å². The largest absolute Gasteiger partial charge is 0.313 e. The second-order valence-corrected chi connectivity index (χ2v) is 3.28. The summed E-state index contributed by atoms with van der Waals surface area (Å²) in [6.45, 7) is 2.03. The van der Waals surface area contributed by atoms with Crippen molar-refractivity contribution in [2.75, 3.05) is 13.1 Å². The Hall–Kier alpha value is -1.15. The Morgan fingerprint density at radius 2 is 2.00 bits per heavy atom. The van der Waals surface area contributed by atoms with Crippen molar-refractivity contribution in [1.29, 1.82) is 0 Å². The van der Waals surface area contributed by atoms with Gasteiger partial charge >= 0.3 is 0 Å². The summed E-state index contributed by atoms with van der Waals surface area (Å²) in [5, 5.41) is 3.26. The van der Waals surface area contributed by atoms with Gasteiger partial charge in [-0.05, 0) is 30.7 Å². The van der Waals surface area contributed by atoms with Gasteiger partial charge in [0.25, 0.3) is 0 Å². The van der Waals surface area contributed by atoms with Crippen LogP contribution in [0.15, 0.2) is 29.8 Å². The predicted octanol–water partition coefficient (Wildman–Crippen LogP) is 2.20. The van der Waals surface area contributed by atoms with Crippen molar-refractivity contribution in [3.63, 3.8) is 0 Å². The third-order valence-electron chi connectivity index (χ3n) is 2.22. The van der Waals surface area contributed by atoms with Gasteiger partial charge in [0.1, 0.15) is 5.82 Å². The SMILES string of the molecule is Fc1ccc(/C=C2\CCNC2)cc1. The first-order chi connectivity index (χ1) is 6.34. The minimum atomic E-state index is -0.174. The molecule has 1 aliphatic heterocycles. The van der Waals surface area contributed by atoms with Gasteiger partial charge in [0.15, 0.2) is 0 Å². The van der Waals surface area contributed by atoms with Gasteiger partial charge < -0.3 is 5.32 Å². The molecule has 0 atom stereocenters. The highest BCUT2D eigenvalue weighted by atomic mass is 19.1. The molecule has 1 N–H and O–H groups in total. The molecule has 1 aliphatic rings. The van der Waals surface area contributed by atoms with Crippen molar-refractivity contribution in [2.45, 2.75) is 6.42 Å². The average molecular weight is 177 g/mol. The molecule has 68 valence electrons. The van der Waals surface area contributed by atoms with E-state index in [-0.39, 0.29) is 5.82 Å². The van der Waals surface area contributed by atoms with Gasteiger partial charge in [0.2, 0.25) is 0 Å². The van der Waals surface area contributed by atoms with Gasteiger partial charge in [-0.1, -0.05) is 23.8 Å². The smallest absolute Gasteiger partial charge is 0.123 e. The molecule has 1 fully saturated rings. The Bertz CT molecular complexity index is 305. The Labute approximate surface area is 77.3 Å². The maximum absolute atomic E-state index is 12.6. The van der Waals surface area contributed by atoms with Gasteiger partial charge in [-0.25, -0.2) is 4.39 Å². The van der Waals surface area contributed by atoms with E-state index in [2.05, 4.69) is 11.4 Å². The van der Waals surface area contributed by atoms with Crippen LogP contribution in [0.4, 0.5) is 4.39 Å². The number of hydrogen-bond donors (Lipinski definition) is 1. The molecule has 1 aromatic carbocycles. The summed E-state index contributed by atoms with van der Waals surface area (Å²) < 4.78 is 12.6.